The van der Waals surface area contributed by atoms with Crippen LogP contribution < -0.4 is 5.32 Å². The Hall–Kier alpha value is -0.770. The fraction of sp³-hybridized carbons (Fsp3) is 0.833. The molecule has 10 heavy (non-hydrogen) atoms. The predicted molar refractivity (Wildman–Crippen MR) is 35.0 cm³/mol. The molecule has 1 unspecified atom stereocenters. The SMILES string of the molecule is O=C(O)OCC1CCCN1. The van der Waals surface area contributed by atoms with Crippen molar-refractivity contribution in [2.75, 3.05) is 13.2 Å². The molecule has 0 aromatic rings. The molecule has 2 N–H and O–H groups in total. The van der Waals surface area contributed by atoms with E-state index in [1.54, 1.807) is 0 Å². The third kappa shape index (κ3) is 2.23. The van der Waals surface area contributed by atoms with Gasteiger partial charge >= 0.3 is 6.16 Å². The van der Waals surface area contributed by atoms with E-state index in [9.17, 15) is 4.79 Å². The maximum absolute atomic E-state index is 9.91. The van der Waals surface area contributed by atoms with E-state index < -0.39 is 6.16 Å². The molecule has 0 bridgehead atoms. The minimum atomic E-state index is -1.19. The highest BCUT2D eigenvalue weighted by molar-refractivity contribution is 5.56. The van der Waals surface area contributed by atoms with Crippen LogP contribution in [0.5, 0.6) is 0 Å². The lowest BCUT2D eigenvalue weighted by atomic mass is 10.2. The number of carboxylic acid groups (broad SMARTS) is 1. The molecule has 1 rings (SSSR count). The van der Waals surface area contributed by atoms with Crippen LogP contribution in [-0.2, 0) is 4.74 Å². The zero-order valence-corrected chi connectivity index (χ0v) is 5.67. The topological polar surface area (TPSA) is 58.6 Å². The molecule has 4 nitrogen and oxygen atoms in total. The van der Waals surface area contributed by atoms with Crippen LogP contribution in [0.1, 0.15) is 12.8 Å². The molecule has 58 valence electrons. The Labute approximate surface area is 59.2 Å². The normalized spacial score (nSPS) is 24.6. The van der Waals surface area contributed by atoms with Gasteiger partial charge in [-0.15, -0.1) is 0 Å². The molecule has 0 aromatic carbocycles. The largest absolute Gasteiger partial charge is 0.505 e. The van der Waals surface area contributed by atoms with E-state index in [1.165, 1.54) is 0 Å². The first-order valence-corrected chi connectivity index (χ1v) is 3.38. The second-order valence-electron chi connectivity index (χ2n) is 2.37. The molecule has 0 radical (unpaired) electrons. The first kappa shape index (κ1) is 7.34. The summed E-state index contributed by atoms with van der Waals surface area (Å²) in [5.74, 6) is 0. The maximum Gasteiger partial charge on any atom is 0.505 e. The summed E-state index contributed by atoms with van der Waals surface area (Å²) in [6.45, 7) is 1.27. The fourth-order valence-corrected chi connectivity index (χ4v) is 1.07. The van der Waals surface area contributed by atoms with E-state index in [0.29, 0.717) is 0 Å². The molecule has 1 aliphatic rings. The highest BCUT2D eigenvalue weighted by Crippen LogP contribution is 2.04. The third-order valence-corrected chi connectivity index (χ3v) is 1.57. The first-order valence-electron chi connectivity index (χ1n) is 3.38. The molecule has 0 amide bonds. The van der Waals surface area contributed by atoms with E-state index >= 15 is 0 Å². The van der Waals surface area contributed by atoms with Crippen molar-refractivity contribution in [2.45, 2.75) is 18.9 Å². The van der Waals surface area contributed by atoms with Crippen molar-refractivity contribution in [3.05, 3.63) is 0 Å². The quantitative estimate of drug-likeness (QED) is 0.553. The summed E-state index contributed by atoms with van der Waals surface area (Å²) in [7, 11) is 0. The summed E-state index contributed by atoms with van der Waals surface area (Å²) in [6.07, 6.45) is 0.953. The molecule has 4 heteroatoms. The Morgan fingerprint density at radius 1 is 1.80 bits per heavy atom. The summed E-state index contributed by atoms with van der Waals surface area (Å²) < 4.78 is 4.38. The standard InChI is InChI=1S/C6H11NO3/c8-6(9)10-4-5-2-1-3-7-5/h5,7H,1-4H2,(H,8,9). The zero-order valence-electron chi connectivity index (χ0n) is 5.67. The average molecular weight is 145 g/mol. The molecule has 1 atom stereocenters. The van der Waals surface area contributed by atoms with Crippen molar-refractivity contribution in [3.8, 4) is 0 Å². The first-order chi connectivity index (χ1) is 4.79. The van der Waals surface area contributed by atoms with Gasteiger partial charge in [0.05, 0.1) is 0 Å². The summed E-state index contributed by atoms with van der Waals surface area (Å²) in [5.41, 5.74) is 0. The van der Waals surface area contributed by atoms with Crippen LogP contribution in [0.4, 0.5) is 4.79 Å². The zero-order chi connectivity index (χ0) is 7.40. The molecular formula is C6H11NO3. The van der Waals surface area contributed by atoms with Gasteiger partial charge in [0.2, 0.25) is 0 Å². The molecule has 0 aliphatic carbocycles. The van der Waals surface area contributed by atoms with Gasteiger partial charge in [-0.25, -0.2) is 4.79 Å². The van der Waals surface area contributed by atoms with Crippen LogP contribution in [0.2, 0.25) is 0 Å². The molecule has 0 saturated carbocycles. The van der Waals surface area contributed by atoms with Gasteiger partial charge in [-0.1, -0.05) is 0 Å². The number of carbonyl (C=O) groups is 1. The smallest absolute Gasteiger partial charge is 0.450 e. The molecule has 1 saturated heterocycles. The fourth-order valence-electron chi connectivity index (χ4n) is 1.07. The van der Waals surface area contributed by atoms with Crippen LogP contribution in [-0.4, -0.2) is 30.5 Å². The van der Waals surface area contributed by atoms with Gasteiger partial charge in [-0.3, -0.25) is 0 Å². The van der Waals surface area contributed by atoms with Crippen molar-refractivity contribution < 1.29 is 14.6 Å². The van der Waals surface area contributed by atoms with E-state index in [4.69, 9.17) is 5.11 Å². The molecule has 1 heterocycles. The Morgan fingerprint density at radius 2 is 2.60 bits per heavy atom. The van der Waals surface area contributed by atoms with Crippen LogP contribution >= 0.6 is 0 Å². The van der Waals surface area contributed by atoms with Gasteiger partial charge in [0, 0.05) is 6.04 Å². The van der Waals surface area contributed by atoms with E-state index in [1.807, 2.05) is 0 Å². The summed E-state index contributed by atoms with van der Waals surface area (Å²) >= 11 is 0. The van der Waals surface area contributed by atoms with Gasteiger partial charge in [0.1, 0.15) is 6.61 Å². The molecular weight excluding hydrogens is 134 g/mol. The summed E-state index contributed by atoms with van der Waals surface area (Å²) in [4.78, 5) is 9.91. The van der Waals surface area contributed by atoms with Crippen molar-refractivity contribution in [1.82, 2.24) is 5.32 Å². The van der Waals surface area contributed by atoms with Gasteiger partial charge in [0.15, 0.2) is 0 Å². The monoisotopic (exact) mass is 145 g/mol. The molecule has 1 aliphatic heterocycles. The van der Waals surface area contributed by atoms with Crippen molar-refractivity contribution in [2.24, 2.45) is 0 Å². The van der Waals surface area contributed by atoms with E-state index in [2.05, 4.69) is 10.1 Å². The molecule has 0 aromatic heterocycles. The van der Waals surface area contributed by atoms with E-state index in [0.717, 1.165) is 19.4 Å². The lowest BCUT2D eigenvalue weighted by molar-refractivity contribution is 0.0844. The highest BCUT2D eigenvalue weighted by atomic mass is 16.7. The Balaban J connectivity index is 2.07. The lowest BCUT2D eigenvalue weighted by Crippen LogP contribution is -2.27. The minimum absolute atomic E-state index is 0.246. The van der Waals surface area contributed by atoms with Crippen LogP contribution in [0, 0.1) is 0 Å². The van der Waals surface area contributed by atoms with Gasteiger partial charge in [-0.05, 0) is 19.4 Å². The Morgan fingerprint density at radius 3 is 3.10 bits per heavy atom. The molecule has 0 spiro atoms. The maximum atomic E-state index is 9.91. The second-order valence-corrected chi connectivity index (χ2v) is 2.37. The van der Waals surface area contributed by atoms with Crippen LogP contribution in [0.25, 0.3) is 0 Å². The average Bonchev–Trinajstić information content (AvgIpc) is 2.34. The molecule has 1 fully saturated rings. The Bertz CT molecular complexity index is 120. The minimum Gasteiger partial charge on any atom is -0.450 e. The van der Waals surface area contributed by atoms with Crippen molar-refractivity contribution in [1.29, 1.82) is 0 Å². The van der Waals surface area contributed by atoms with Crippen LogP contribution in [0.3, 0.4) is 0 Å². The van der Waals surface area contributed by atoms with Crippen molar-refractivity contribution in [3.63, 3.8) is 0 Å². The summed E-state index contributed by atoms with van der Waals surface area (Å²) in [5, 5.41) is 11.2. The number of hydrogen-bond donors (Lipinski definition) is 2. The second kappa shape index (κ2) is 3.41. The number of rotatable bonds is 2. The number of nitrogens with one attached hydrogen (secondary N) is 1. The van der Waals surface area contributed by atoms with E-state index in [-0.39, 0.29) is 12.6 Å². The van der Waals surface area contributed by atoms with Gasteiger partial charge in [-0.2, -0.15) is 0 Å². The Kier molecular flexibility index (Phi) is 2.50. The highest BCUT2D eigenvalue weighted by Gasteiger charge is 2.14. The van der Waals surface area contributed by atoms with Gasteiger partial charge < -0.3 is 15.2 Å². The number of hydrogen-bond acceptors (Lipinski definition) is 3. The number of ether oxygens (including phenoxy) is 1. The predicted octanol–water partition coefficient (Wildman–Crippen LogP) is 0.433. The van der Waals surface area contributed by atoms with Crippen LogP contribution in [0.15, 0.2) is 0 Å². The van der Waals surface area contributed by atoms with Gasteiger partial charge in [0.25, 0.3) is 0 Å². The third-order valence-electron chi connectivity index (χ3n) is 1.57. The lowest BCUT2D eigenvalue weighted by Gasteiger charge is -2.07. The van der Waals surface area contributed by atoms with Crippen molar-refractivity contribution >= 4 is 6.16 Å². The summed E-state index contributed by atoms with van der Waals surface area (Å²) in [6, 6.07) is 0.246.